The van der Waals surface area contributed by atoms with Crippen LogP contribution in [0.1, 0.15) is 37.6 Å². The quantitative estimate of drug-likeness (QED) is 0.847. The monoisotopic (exact) mass is 243 g/mol. The molecule has 0 aliphatic carbocycles. The Bertz CT molecular complexity index is 485. The maximum absolute atomic E-state index is 5.65. The number of aromatic nitrogens is 2. The lowest BCUT2D eigenvalue weighted by molar-refractivity contribution is 0.725. The Kier molecular flexibility index (Phi) is 4.15. The lowest BCUT2D eigenvalue weighted by atomic mass is 10.1. The molecule has 2 rings (SSSR count). The lowest BCUT2D eigenvalue weighted by Gasteiger charge is -2.04. The fourth-order valence-electron chi connectivity index (χ4n) is 1.99. The van der Waals surface area contributed by atoms with E-state index in [2.05, 4.69) is 48.1 Å². The first-order valence-electron chi connectivity index (χ1n) is 6.59. The van der Waals surface area contributed by atoms with Crippen LogP contribution in [0.5, 0.6) is 0 Å². The Morgan fingerprint density at radius 3 is 2.61 bits per heavy atom. The van der Waals surface area contributed by atoms with Crippen molar-refractivity contribution in [2.75, 3.05) is 6.54 Å². The average molecular weight is 243 g/mol. The largest absolute Gasteiger partial charge is 0.342 e. The number of hydrogen-bond donors (Lipinski definition) is 2. The Balaban J connectivity index is 2.18. The highest BCUT2D eigenvalue weighted by atomic mass is 14.9. The molecule has 0 saturated heterocycles. The molecule has 3 nitrogen and oxygen atoms in total. The van der Waals surface area contributed by atoms with E-state index in [9.17, 15) is 0 Å². The fraction of sp³-hybridized carbons (Fsp3) is 0.400. The lowest BCUT2D eigenvalue weighted by Crippen LogP contribution is -2.10. The van der Waals surface area contributed by atoms with Gasteiger partial charge in [-0.3, -0.25) is 0 Å². The number of nitrogens with two attached hydrogens (primary N) is 1. The molecule has 0 bridgehead atoms. The van der Waals surface area contributed by atoms with Gasteiger partial charge in [0.05, 0.1) is 11.9 Å². The van der Waals surface area contributed by atoms with Crippen molar-refractivity contribution < 1.29 is 0 Å². The third-order valence-electron chi connectivity index (χ3n) is 3.22. The van der Waals surface area contributed by atoms with Crippen LogP contribution in [-0.2, 0) is 6.42 Å². The van der Waals surface area contributed by atoms with E-state index in [4.69, 9.17) is 5.73 Å². The van der Waals surface area contributed by atoms with Gasteiger partial charge in [0.1, 0.15) is 5.82 Å². The molecular formula is C15H21N3. The molecule has 2 aromatic rings. The standard InChI is InChI=1S/C15H21N3/c1-3-4-12-5-7-13(8-6-12)14-10-17-15(18-14)11(2)9-16/h5-8,10-11H,3-4,9,16H2,1-2H3,(H,17,18). The SMILES string of the molecule is CCCc1ccc(-c2cnc(C(C)CN)[nH]2)cc1. The maximum atomic E-state index is 5.65. The van der Waals surface area contributed by atoms with Crippen LogP contribution < -0.4 is 5.73 Å². The van der Waals surface area contributed by atoms with Gasteiger partial charge >= 0.3 is 0 Å². The van der Waals surface area contributed by atoms with Crippen LogP contribution in [0.4, 0.5) is 0 Å². The molecule has 0 aliphatic heterocycles. The molecule has 1 aromatic carbocycles. The summed E-state index contributed by atoms with van der Waals surface area (Å²) in [6, 6.07) is 8.67. The Hall–Kier alpha value is -1.61. The molecule has 0 radical (unpaired) electrons. The summed E-state index contributed by atoms with van der Waals surface area (Å²) in [7, 11) is 0. The molecule has 0 fully saturated rings. The summed E-state index contributed by atoms with van der Waals surface area (Å²) < 4.78 is 0. The molecule has 3 heteroatoms. The Morgan fingerprint density at radius 2 is 2.00 bits per heavy atom. The molecule has 3 N–H and O–H groups in total. The molecule has 1 unspecified atom stereocenters. The molecule has 0 amide bonds. The van der Waals surface area contributed by atoms with Gasteiger partial charge < -0.3 is 10.7 Å². The van der Waals surface area contributed by atoms with Gasteiger partial charge in [-0.25, -0.2) is 4.98 Å². The summed E-state index contributed by atoms with van der Waals surface area (Å²) in [5.41, 5.74) is 9.27. The van der Waals surface area contributed by atoms with E-state index in [1.165, 1.54) is 17.5 Å². The van der Waals surface area contributed by atoms with Crippen molar-refractivity contribution in [2.24, 2.45) is 5.73 Å². The molecule has 0 spiro atoms. The van der Waals surface area contributed by atoms with Crippen molar-refractivity contribution in [2.45, 2.75) is 32.6 Å². The van der Waals surface area contributed by atoms with Crippen molar-refractivity contribution in [3.63, 3.8) is 0 Å². The molecule has 1 aromatic heterocycles. The molecule has 1 atom stereocenters. The van der Waals surface area contributed by atoms with Crippen LogP contribution in [-0.4, -0.2) is 16.5 Å². The van der Waals surface area contributed by atoms with Crippen molar-refractivity contribution >= 4 is 0 Å². The zero-order valence-corrected chi connectivity index (χ0v) is 11.1. The maximum Gasteiger partial charge on any atom is 0.110 e. The number of hydrogen-bond acceptors (Lipinski definition) is 2. The number of nitrogens with zero attached hydrogens (tertiary/aromatic N) is 1. The van der Waals surface area contributed by atoms with Gasteiger partial charge in [-0.05, 0) is 17.5 Å². The summed E-state index contributed by atoms with van der Waals surface area (Å²) in [4.78, 5) is 7.73. The number of aromatic amines is 1. The summed E-state index contributed by atoms with van der Waals surface area (Å²) in [5, 5.41) is 0. The molecule has 0 aliphatic rings. The molecular weight excluding hydrogens is 222 g/mol. The summed E-state index contributed by atoms with van der Waals surface area (Å²) in [5.74, 6) is 1.24. The molecule has 18 heavy (non-hydrogen) atoms. The van der Waals surface area contributed by atoms with Crippen LogP contribution in [0, 0.1) is 0 Å². The van der Waals surface area contributed by atoms with Gasteiger partial charge in [0.2, 0.25) is 0 Å². The van der Waals surface area contributed by atoms with Gasteiger partial charge in [-0.15, -0.1) is 0 Å². The number of imidazole rings is 1. The number of aryl methyl sites for hydroxylation is 1. The van der Waals surface area contributed by atoms with Gasteiger partial charge in [0.15, 0.2) is 0 Å². The second-order valence-corrected chi connectivity index (χ2v) is 4.77. The normalized spacial score (nSPS) is 12.6. The number of H-pyrrole nitrogens is 1. The van der Waals surface area contributed by atoms with Gasteiger partial charge in [0.25, 0.3) is 0 Å². The molecule has 1 heterocycles. The summed E-state index contributed by atoms with van der Waals surface area (Å²) in [6.07, 6.45) is 4.20. The topological polar surface area (TPSA) is 54.7 Å². The van der Waals surface area contributed by atoms with E-state index in [1.54, 1.807) is 0 Å². The van der Waals surface area contributed by atoms with E-state index in [1.807, 2.05) is 6.20 Å². The third-order valence-corrected chi connectivity index (χ3v) is 3.22. The van der Waals surface area contributed by atoms with E-state index in [0.29, 0.717) is 6.54 Å². The summed E-state index contributed by atoms with van der Waals surface area (Å²) >= 11 is 0. The van der Waals surface area contributed by atoms with E-state index < -0.39 is 0 Å². The fourth-order valence-corrected chi connectivity index (χ4v) is 1.99. The zero-order chi connectivity index (χ0) is 13.0. The predicted molar refractivity (Wildman–Crippen MR) is 75.5 cm³/mol. The van der Waals surface area contributed by atoms with Crippen LogP contribution in [0.15, 0.2) is 30.5 Å². The highest BCUT2D eigenvalue weighted by Gasteiger charge is 2.08. The van der Waals surface area contributed by atoms with Crippen LogP contribution in [0.3, 0.4) is 0 Å². The first-order chi connectivity index (χ1) is 8.74. The van der Waals surface area contributed by atoms with E-state index in [0.717, 1.165) is 17.9 Å². The van der Waals surface area contributed by atoms with Crippen LogP contribution >= 0.6 is 0 Å². The van der Waals surface area contributed by atoms with Crippen LogP contribution in [0.25, 0.3) is 11.3 Å². The minimum Gasteiger partial charge on any atom is -0.342 e. The number of rotatable bonds is 5. The first-order valence-corrected chi connectivity index (χ1v) is 6.59. The van der Waals surface area contributed by atoms with Gasteiger partial charge in [-0.2, -0.15) is 0 Å². The van der Waals surface area contributed by atoms with Gasteiger partial charge in [0, 0.05) is 12.5 Å². The number of benzene rings is 1. The minimum atomic E-state index is 0.276. The van der Waals surface area contributed by atoms with Crippen LogP contribution in [0.2, 0.25) is 0 Å². The second kappa shape index (κ2) is 5.83. The predicted octanol–water partition coefficient (Wildman–Crippen LogP) is 3.09. The summed E-state index contributed by atoms with van der Waals surface area (Å²) in [6.45, 7) is 4.89. The van der Waals surface area contributed by atoms with Crippen molar-refractivity contribution in [3.05, 3.63) is 41.9 Å². The first kappa shape index (κ1) is 12.8. The molecule has 0 saturated carbocycles. The number of nitrogens with one attached hydrogen (secondary N) is 1. The highest BCUT2D eigenvalue weighted by Crippen LogP contribution is 2.20. The smallest absolute Gasteiger partial charge is 0.110 e. The van der Waals surface area contributed by atoms with E-state index in [-0.39, 0.29) is 5.92 Å². The third kappa shape index (κ3) is 2.79. The molecule has 96 valence electrons. The Labute approximate surface area is 108 Å². The van der Waals surface area contributed by atoms with Crippen molar-refractivity contribution in [3.8, 4) is 11.3 Å². The minimum absolute atomic E-state index is 0.276. The van der Waals surface area contributed by atoms with Crippen molar-refractivity contribution in [1.82, 2.24) is 9.97 Å². The Morgan fingerprint density at radius 1 is 1.28 bits per heavy atom. The highest BCUT2D eigenvalue weighted by molar-refractivity contribution is 5.58. The van der Waals surface area contributed by atoms with Gasteiger partial charge in [-0.1, -0.05) is 44.5 Å². The van der Waals surface area contributed by atoms with Crippen molar-refractivity contribution in [1.29, 1.82) is 0 Å². The average Bonchev–Trinajstić information content (AvgIpc) is 2.89. The second-order valence-electron chi connectivity index (χ2n) is 4.77. The zero-order valence-electron chi connectivity index (χ0n) is 11.1. The van der Waals surface area contributed by atoms with E-state index >= 15 is 0 Å².